The molecule has 0 atom stereocenters. The second kappa shape index (κ2) is 10.5. The number of amides is 1. The minimum atomic E-state index is 0.0905. The Kier molecular flexibility index (Phi) is 7.93. The largest absolute Gasteiger partial charge is 0.493 e. The van der Waals surface area contributed by atoms with Crippen molar-refractivity contribution in [3.8, 4) is 5.75 Å². The summed E-state index contributed by atoms with van der Waals surface area (Å²) in [5, 5.41) is 9.86. The molecule has 2 aliphatic heterocycles. The van der Waals surface area contributed by atoms with Crippen molar-refractivity contribution in [2.45, 2.75) is 92.2 Å². The maximum absolute atomic E-state index is 11.5. The molecule has 0 bridgehead atoms. The van der Waals surface area contributed by atoms with Crippen molar-refractivity contribution >= 4 is 23.0 Å². The quantitative estimate of drug-likeness (QED) is 0.458. The summed E-state index contributed by atoms with van der Waals surface area (Å²) < 4.78 is 5.67. The number of carbonyl (C=O) groups is 1. The number of nitrogens with one attached hydrogen (secondary N) is 3. The van der Waals surface area contributed by atoms with Crippen LogP contribution in [0.15, 0.2) is 24.3 Å². The average molecular weight is 452 g/mol. The molecule has 2 heterocycles. The number of rotatable bonds is 6. The highest BCUT2D eigenvalue weighted by Crippen LogP contribution is 2.36. The molecule has 0 radical (unpaired) electrons. The van der Waals surface area contributed by atoms with Crippen LogP contribution < -0.4 is 20.7 Å². The number of benzene rings is 2. The van der Waals surface area contributed by atoms with Gasteiger partial charge in [-0.3, -0.25) is 4.79 Å². The van der Waals surface area contributed by atoms with Crippen LogP contribution in [0.1, 0.15) is 89.5 Å². The van der Waals surface area contributed by atoms with Crippen LogP contribution in [0, 0.1) is 0 Å². The van der Waals surface area contributed by atoms with Crippen LogP contribution in [-0.4, -0.2) is 24.6 Å². The highest BCUT2D eigenvalue weighted by Gasteiger charge is 2.22. The van der Waals surface area contributed by atoms with Gasteiger partial charge >= 0.3 is 0 Å². The minimum absolute atomic E-state index is 0.0905. The van der Waals surface area contributed by atoms with Crippen molar-refractivity contribution in [3.05, 3.63) is 46.5 Å². The Labute approximate surface area is 199 Å². The topological polar surface area (TPSA) is 62.4 Å². The molecule has 2 aromatic rings. The van der Waals surface area contributed by atoms with Crippen LogP contribution in [-0.2, 0) is 17.6 Å². The number of hydrogen-bond donors (Lipinski definition) is 3. The molecule has 4 rings (SSSR count). The minimum Gasteiger partial charge on any atom is -0.493 e. The Hall–Kier alpha value is -2.69. The summed E-state index contributed by atoms with van der Waals surface area (Å²) in [5.74, 6) is 2.19. The maximum Gasteiger partial charge on any atom is 0.228 e. The molecule has 0 aliphatic carbocycles. The molecular weight excluding hydrogens is 410 g/mol. The van der Waals surface area contributed by atoms with Gasteiger partial charge in [-0.25, -0.2) is 0 Å². The molecule has 0 aromatic heterocycles. The summed E-state index contributed by atoms with van der Waals surface area (Å²) in [6.07, 6.45) is 1.53. The fourth-order valence-corrected chi connectivity index (χ4v) is 4.22. The van der Waals surface area contributed by atoms with Crippen LogP contribution >= 0.6 is 0 Å². The molecule has 2 aliphatic rings. The van der Waals surface area contributed by atoms with Gasteiger partial charge in [0.15, 0.2) is 0 Å². The molecule has 3 N–H and O–H groups in total. The molecule has 0 spiro atoms. The van der Waals surface area contributed by atoms with E-state index in [9.17, 15) is 4.79 Å². The first kappa shape index (κ1) is 24.9. The van der Waals surface area contributed by atoms with E-state index in [0.717, 1.165) is 35.7 Å². The van der Waals surface area contributed by atoms with Gasteiger partial charge in [-0.1, -0.05) is 33.8 Å². The lowest BCUT2D eigenvalue weighted by Gasteiger charge is -2.17. The van der Waals surface area contributed by atoms with E-state index in [0.29, 0.717) is 30.3 Å². The number of carbonyl (C=O) groups excluding carboxylic acids is 1. The second-order valence-corrected chi connectivity index (χ2v) is 10.4. The third-order valence-electron chi connectivity index (χ3n) is 5.92. The Morgan fingerprint density at radius 2 is 1.39 bits per heavy atom. The third kappa shape index (κ3) is 6.21. The van der Waals surface area contributed by atoms with Crippen molar-refractivity contribution in [3.63, 3.8) is 0 Å². The number of ether oxygens (including phenoxy) is 1. The molecule has 0 saturated carbocycles. The lowest BCUT2D eigenvalue weighted by Crippen LogP contribution is -2.12. The SMILES string of the molecule is CC(C)Nc1cc(C(C)C)cc2c1CCO2.CC(C)Nc1cc(C(C)C)cc2c1NC(=O)C2. The molecule has 180 valence electrons. The lowest BCUT2D eigenvalue weighted by molar-refractivity contribution is -0.115. The summed E-state index contributed by atoms with van der Waals surface area (Å²) in [7, 11) is 0. The third-order valence-corrected chi connectivity index (χ3v) is 5.92. The summed E-state index contributed by atoms with van der Waals surface area (Å²) in [6.45, 7) is 18.1. The van der Waals surface area contributed by atoms with Gasteiger partial charge in [-0.15, -0.1) is 0 Å². The van der Waals surface area contributed by atoms with Crippen molar-refractivity contribution in [2.24, 2.45) is 0 Å². The first-order valence-corrected chi connectivity index (χ1v) is 12.3. The zero-order chi connectivity index (χ0) is 24.3. The number of fused-ring (bicyclic) bond motifs is 2. The van der Waals surface area contributed by atoms with Gasteiger partial charge in [-0.2, -0.15) is 0 Å². The predicted octanol–water partition coefficient (Wildman–Crippen LogP) is 6.69. The molecule has 0 saturated heterocycles. The Morgan fingerprint density at radius 3 is 2.00 bits per heavy atom. The molecule has 5 nitrogen and oxygen atoms in total. The standard InChI is InChI=1S/C14H20N2O.C14H21NO/c1-8(2)10-5-11-7-13(17)16-14(11)12(6-10)15-9(3)4;1-9(2)11-7-13(15-10(3)4)12-5-6-16-14(12)8-11/h5-6,8-9,15H,7H2,1-4H3,(H,16,17);7-10,15H,5-6H2,1-4H3. The van der Waals surface area contributed by atoms with Crippen LogP contribution in [0.5, 0.6) is 5.75 Å². The highest BCUT2D eigenvalue weighted by molar-refractivity contribution is 6.03. The first-order chi connectivity index (χ1) is 15.5. The molecule has 5 heteroatoms. The highest BCUT2D eigenvalue weighted by atomic mass is 16.5. The van der Waals surface area contributed by atoms with E-state index in [1.165, 1.54) is 22.4 Å². The normalized spacial score (nSPS) is 14.1. The molecule has 1 amide bonds. The molecule has 2 aromatic carbocycles. The van der Waals surface area contributed by atoms with Gasteiger partial charge in [0.2, 0.25) is 5.91 Å². The van der Waals surface area contributed by atoms with Crippen LogP contribution in [0.2, 0.25) is 0 Å². The van der Waals surface area contributed by atoms with E-state index < -0.39 is 0 Å². The average Bonchev–Trinajstić information content (AvgIpc) is 3.33. The Bertz CT molecular complexity index is 993. The summed E-state index contributed by atoms with van der Waals surface area (Å²) >= 11 is 0. The van der Waals surface area contributed by atoms with Crippen molar-refractivity contribution in [2.75, 3.05) is 22.6 Å². The van der Waals surface area contributed by atoms with Crippen LogP contribution in [0.25, 0.3) is 0 Å². The second-order valence-electron chi connectivity index (χ2n) is 10.4. The number of anilines is 3. The van der Waals surface area contributed by atoms with Gasteiger partial charge in [-0.05, 0) is 74.4 Å². The van der Waals surface area contributed by atoms with Gasteiger partial charge < -0.3 is 20.7 Å². The summed E-state index contributed by atoms with van der Waals surface area (Å²) in [4.78, 5) is 11.5. The Morgan fingerprint density at radius 1 is 0.818 bits per heavy atom. The molecule has 0 unspecified atom stereocenters. The zero-order valence-corrected chi connectivity index (χ0v) is 21.6. The van der Waals surface area contributed by atoms with E-state index in [-0.39, 0.29) is 5.91 Å². The Balaban J connectivity index is 0.000000186. The monoisotopic (exact) mass is 451 g/mol. The summed E-state index contributed by atoms with van der Waals surface area (Å²) in [6, 6.07) is 9.58. The first-order valence-electron chi connectivity index (χ1n) is 12.3. The van der Waals surface area contributed by atoms with Crippen LogP contribution in [0.4, 0.5) is 17.1 Å². The van der Waals surface area contributed by atoms with Crippen molar-refractivity contribution < 1.29 is 9.53 Å². The van der Waals surface area contributed by atoms with E-state index in [1.54, 1.807) is 0 Å². The zero-order valence-electron chi connectivity index (χ0n) is 21.6. The van der Waals surface area contributed by atoms with Gasteiger partial charge in [0.1, 0.15) is 5.75 Å². The van der Waals surface area contributed by atoms with Gasteiger partial charge in [0, 0.05) is 29.8 Å². The molecule has 33 heavy (non-hydrogen) atoms. The van der Waals surface area contributed by atoms with Crippen LogP contribution in [0.3, 0.4) is 0 Å². The van der Waals surface area contributed by atoms with E-state index in [2.05, 4.69) is 95.6 Å². The van der Waals surface area contributed by atoms with Gasteiger partial charge in [0.05, 0.1) is 24.4 Å². The maximum atomic E-state index is 11.5. The van der Waals surface area contributed by atoms with Crippen molar-refractivity contribution in [1.29, 1.82) is 0 Å². The van der Waals surface area contributed by atoms with E-state index in [1.807, 2.05) is 0 Å². The van der Waals surface area contributed by atoms with Gasteiger partial charge in [0.25, 0.3) is 0 Å². The van der Waals surface area contributed by atoms with E-state index in [4.69, 9.17) is 4.74 Å². The van der Waals surface area contributed by atoms with E-state index >= 15 is 0 Å². The molecular formula is C28H41N3O2. The fourth-order valence-electron chi connectivity index (χ4n) is 4.22. The predicted molar refractivity (Wildman–Crippen MR) is 140 cm³/mol. The smallest absolute Gasteiger partial charge is 0.228 e. The lowest BCUT2D eigenvalue weighted by atomic mass is 9.98. The number of hydrogen-bond acceptors (Lipinski definition) is 4. The fraction of sp³-hybridized carbons (Fsp3) is 0.536. The molecule has 0 fully saturated rings. The summed E-state index contributed by atoms with van der Waals surface area (Å²) in [5.41, 5.74) is 8.36. The van der Waals surface area contributed by atoms with Crippen molar-refractivity contribution in [1.82, 2.24) is 0 Å².